The maximum atomic E-state index is 12.7. The van der Waals surface area contributed by atoms with Crippen LogP contribution in [0.4, 0.5) is 0 Å². The second-order valence-electron chi connectivity index (χ2n) is 7.64. The molecule has 28 heavy (non-hydrogen) atoms. The molecule has 3 aliphatic rings. The van der Waals surface area contributed by atoms with Crippen LogP contribution in [0.1, 0.15) is 37.8 Å². The average molecular weight is 384 g/mol. The lowest BCUT2D eigenvalue weighted by Gasteiger charge is -2.32. The predicted octanol–water partition coefficient (Wildman–Crippen LogP) is 2.75. The zero-order valence-electron chi connectivity index (χ0n) is 16.6. The molecule has 6 heteroatoms. The predicted molar refractivity (Wildman–Crippen MR) is 105 cm³/mol. The van der Waals surface area contributed by atoms with Gasteiger partial charge in [-0.15, -0.1) is 0 Å². The van der Waals surface area contributed by atoms with Crippen molar-refractivity contribution >= 4 is 11.8 Å². The van der Waals surface area contributed by atoms with E-state index in [0.29, 0.717) is 39.3 Å². The summed E-state index contributed by atoms with van der Waals surface area (Å²) in [6.45, 7) is 7.00. The molecular weight excluding hydrogens is 356 g/mol. The largest absolute Gasteiger partial charge is 0.490 e. The van der Waals surface area contributed by atoms with Gasteiger partial charge in [0.15, 0.2) is 11.5 Å². The van der Waals surface area contributed by atoms with E-state index >= 15 is 0 Å². The van der Waals surface area contributed by atoms with Crippen molar-refractivity contribution in [3.63, 3.8) is 0 Å². The van der Waals surface area contributed by atoms with Crippen LogP contribution in [0.3, 0.4) is 0 Å². The van der Waals surface area contributed by atoms with Gasteiger partial charge in [-0.05, 0) is 56.4 Å². The molecule has 6 nitrogen and oxygen atoms in total. The van der Waals surface area contributed by atoms with E-state index in [2.05, 4.69) is 11.0 Å². The molecule has 2 heterocycles. The van der Waals surface area contributed by atoms with Crippen molar-refractivity contribution in [1.29, 1.82) is 0 Å². The molecule has 2 atom stereocenters. The van der Waals surface area contributed by atoms with Gasteiger partial charge in [0.1, 0.15) is 0 Å². The van der Waals surface area contributed by atoms with Crippen molar-refractivity contribution in [3.05, 3.63) is 35.4 Å². The van der Waals surface area contributed by atoms with E-state index < -0.39 is 0 Å². The number of allylic oxidation sites excluding steroid dienone is 2. The van der Waals surface area contributed by atoms with Crippen molar-refractivity contribution in [3.8, 4) is 11.5 Å². The van der Waals surface area contributed by atoms with Crippen LogP contribution in [0.25, 0.3) is 0 Å². The van der Waals surface area contributed by atoms with Gasteiger partial charge in [-0.25, -0.2) is 0 Å². The van der Waals surface area contributed by atoms with E-state index in [0.717, 1.165) is 24.5 Å². The fraction of sp³-hybridized carbons (Fsp3) is 0.545. The summed E-state index contributed by atoms with van der Waals surface area (Å²) in [4.78, 5) is 29.1. The minimum Gasteiger partial charge on any atom is -0.490 e. The summed E-state index contributed by atoms with van der Waals surface area (Å²) in [7, 11) is 0. The fourth-order valence-corrected chi connectivity index (χ4v) is 4.49. The Bertz CT molecular complexity index is 778. The lowest BCUT2D eigenvalue weighted by atomic mass is 9.85. The van der Waals surface area contributed by atoms with Crippen LogP contribution >= 0.6 is 0 Å². The van der Waals surface area contributed by atoms with E-state index in [1.54, 1.807) is 0 Å². The summed E-state index contributed by atoms with van der Waals surface area (Å²) >= 11 is 0. The third-order valence-electron chi connectivity index (χ3n) is 5.90. The Kier molecular flexibility index (Phi) is 5.40. The maximum absolute atomic E-state index is 12.7. The van der Waals surface area contributed by atoms with E-state index in [1.807, 2.05) is 32.1 Å². The Morgan fingerprint density at radius 3 is 2.07 bits per heavy atom. The number of benzene rings is 1. The van der Waals surface area contributed by atoms with Crippen molar-refractivity contribution in [2.75, 3.05) is 26.4 Å². The molecule has 0 bridgehead atoms. The number of rotatable bonds is 6. The van der Waals surface area contributed by atoms with Crippen LogP contribution in [0.15, 0.2) is 24.3 Å². The quantitative estimate of drug-likeness (QED) is 0.558. The van der Waals surface area contributed by atoms with Gasteiger partial charge in [-0.2, -0.15) is 0 Å². The van der Waals surface area contributed by atoms with Gasteiger partial charge in [-0.1, -0.05) is 12.2 Å². The molecular formula is C22H28N2O4. The fourth-order valence-electron chi connectivity index (χ4n) is 4.49. The summed E-state index contributed by atoms with van der Waals surface area (Å²) in [6, 6.07) is 4.13. The molecule has 1 aromatic carbocycles. The van der Waals surface area contributed by atoms with Gasteiger partial charge in [0, 0.05) is 13.1 Å². The highest BCUT2D eigenvalue weighted by Gasteiger charge is 2.47. The summed E-state index contributed by atoms with van der Waals surface area (Å²) in [5.74, 6) is 1.22. The van der Waals surface area contributed by atoms with Crippen LogP contribution in [-0.4, -0.2) is 48.0 Å². The van der Waals surface area contributed by atoms with Gasteiger partial charge < -0.3 is 9.47 Å². The van der Waals surface area contributed by atoms with Crippen molar-refractivity contribution in [2.24, 2.45) is 11.8 Å². The molecule has 1 aromatic rings. The number of carbonyl (C=O) groups excluding carboxylic acids is 2. The molecule has 0 N–H and O–H groups in total. The van der Waals surface area contributed by atoms with Crippen LogP contribution < -0.4 is 9.47 Å². The highest BCUT2D eigenvalue weighted by atomic mass is 16.5. The Hall–Kier alpha value is -2.34. The highest BCUT2D eigenvalue weighted by Crippen LogP contribution is 2.37. The lowest BCUT2D eigenvalue weighted by Crippen LogP contribution is -2.43. The number of hydrogen-bond donors (Lipinski definition) is 0. The van der Waals surface area contributed by atoms with Gasteiger partial charge in [-0.3, -0.25) is 19.4 Å². The van der Waals surface area contributed by atoms with Gasteiger partial charge in [0.05, 0.1) is 31.7 Å². The molecule has 150 valence electrons. The third kappa shape index (κ3) is 3.41. The molecule has 0 spiro atoms. The minimum atomic E-state index is -0.159. The number of imide groups is 1. The first-order chi connectivity index (χ1) is 13.6. The van der Waals surface area contributed by atoms with Crippen LogP contribution in [-0.2, 0) is 22.6 Å². The Morgan fingerprint density at radius 1 is 0.929 bits per heavy atom. The van der Waals surface area contributed by atoms with E-state index in [4.69, 9.17) is 9.47 Å². The van der Waals surface area contributed by atoms with Gasteiger partial charge >= 0.3 is 0 Å². The number of ether oxygens (including phenoxy) is 2. The Balaban J connectivity index is 1.49. The first-order valence-corrected chi connectivity index (χ1v) is 10.3. The Labute approximate surface area is 166 Å². The molecule has 2 aliphatic heterocycles. The first-order valence-electron chi connectivity index (χ1n) is 10.3. The summed E-state index contributed by atoms with van der Waals surface area (Å²) in [6.07, 6.45) is 6.29. The zero-order valence-corrected chi connectivity index (χ0v) is 16.6. The molecule has 1 aliphatic carbocycles. The van der Waals surface area contributed by atoms with E-state index in [1.165, 1.54) is 16.0 Å². The molecule has 0 aromatic heterocycles. The van der Waals surface area contributed by atoms with Gasteiger partial charge in [0.25, 0.3) is 0 Å². The van der Waals surface area contributed by atoms with Crippen molar-refractivity contribution in [2.45, 2.75) is 39.7 Å². The van der Waals surface area contributed by atoms with Crippen LogP contribution in [0.5, 0.6) is 11.5 Å². The first kappa shape index (κ1) is 19.0. The van der Waals surface area contributed by atoms with Crippen LogP contribution in [0, 0.1) is 11.8 Å². The van der Waals surface area contributed by atoms with Gasteiger partial charge in [0.2, 0.25) is 11.8 Å². The maximum Gasteiger partial charge on any atom is 0.234 e. The molecule has 4 rings (SSSR count). The summed E-state index contributed by atoms with van der Waals surface area (Å²) in [5, 5.41) is 0. The molecule has 0 unspecified atom stereocenters. The van der Waals surface area contributed by atoms with E-state index in [-0.39, 0.29) is 23.7 Å². The highest BCUT2D eigenvalue weighted by molar-refractivity contribution is 6.05. The standard InChI is InChI=1S/C22H28N2O4/c1-3-27-19-11-15-9-10-23(13-16(15)12-20(19)28-4-2)14-24-21(25)17-7-5-6-8-18(17)22(24)26/h5-6,11-12,17-18H,3-4,7-10,13-14H2,1-2H3/t17-,18-/m0/s1. The topological polar surface area (TPSA) is 59.1 Å². The van der Waals surface area contributed by atoms with Crippen molar-refractivity contribution < 1.29 is 19.1 Å². The number of likely N-dealkylation sites (tertiary alicyclic amines) is 1. The zero-order chi connectivity index (χ0) is 19.7. The molecule has 2 amide bonds. The number of nitrogens with zero attached hydrogens (tertiary/aromatic N) is 2. The monoisotopic (exact) mass is 384 g/mol. The van der Waals surface area contributed by atoms with Crippen molar-refractivity contribution in [1.82, 2.24) is 9.80 Å². The number of amides is 2. The molecule has 0 saturated carbocycles. The number of hydrogen-bond acceptors (Lipinski definition) is 5. The molecule has 1 saturated heterocycles. The SMILES string of the molecule is CCOc1cc2c(cc1OCC)CN(CN1C(=O)[C@H]3CC=CC[C@@H]3C1=O)CC2. The molecule has 1 fully saturated rings. The normalized spacial score (nSPS) is 24.3. The molecule has 0 radical (unpaired) electrons. The summed E-state index contributed by atoms with van der Waals surface area (Å²) in [5.41, 5.74) is 2.43. The van der Waals surface area contributed by atoms with E-state index in [9.17, 15) is 9.59 Å². The summed E-state index contributed by atoms with van der Waals surface area (Å²) < 4.78 is 11.5. The van der Waals surface area contributed by atoms with Crippen LogP contribution in [0.2, 0.25) is 0 Å². The average Bonchev–Trinajstić information content (AvgIpc) is 2.94. The second kappa shape index (κ2) is 7.95. The minimum absolute atomic E-state index is 0.00755. The number of carbonyl (C=O) groups is 2. The smallest absolute Gasteiger partial charge is 0.234 e. The number of fused-ring (bicyclic) bond motifs is 2. The second-order valence-corrected chi connectivity index (χ2v) is 7.64. The Morgan fingerprint density at radius 2 is 1.50 bits per heavy atom. The lowest BCUT2D eigenvalue weighted by molar-refractivity contribution is -0.142. The third-order valence-corrected chi connectivity index (χ3v) is 5.90.